The van der Waals surface area contributed by atoms with E-state index in [1.54, 1.807) is 30.5 Å². The van der Waals surface area contributed by atoms with Gasteiger partial charge in [0, 0.05) is 5.56 Å². The fourth-order valence-electron chi connectivity index (χ4n) is 2.31. The van der Waals surface area contributed by atoms with Gasteiger partial charge in [0.05, 0.1) is 29.6 Å². The molecular weight excluding hydrogens is 459 g/mol. The number of benzene rings is 2. The number of hydrogen-bond acceptors (Lipinski definition) is 5. The first-order valence-electron chi connectivity index (χ1n) is 8.74. The Morgan fingerprint density at radius 2 is 1.70 bits per heavy atom. The number of carbonyl (C=O) groups is 1. The van der Waals surface area contributed by atoms with Crippen molar-refractivity contribution in [2.75, 3.05) is 19.8 Å². The molecule has 0 aliphatic heterocycles. The molecule has 0 aliphatic rings. The van der Waals surface area contributed by atoms with Crippen molar-refractivity contribution >= 4 is 34.7 Å². The van der Waals surface area contributed by atoms with Crippen molar-refractivity contribution in [2.24, 2.45) is 5.10 Å². The lowest BCUT2D eigenvalue weighted by Crippen LogP contribution is -2.17. The Balaban J connectivity index is 2.07. The number of hydrogen-bond donors (Lipinski definition) is 1. The highest BCUT2D eigenvalue weighted by molar-refractivity contribution is 14.1. The van der Waals surface area contributed by atoms with Crippen LogP contribution < -0.4 is 19.6 Å². The predicted octanol–water partition coefficient (Wildman–Crippen LogP) is 4.25. The SMILES string of the molecule is CCOc1ccc(C(=O)N/N=C\c2cc(I)c(OCC)c(OCC)c2)cc1. The summed E-state index contributed by atoms with van der Waals surface area (Å²) in [6.07, 6.45) is 1.58. The van der Waals surface area contributed by atoms with E-state index in [4.69, 9.17) is 14.2 Å². The van der Waals surface area contributed by atoms with E-state index in [9.17, 15) is 4.79 Å². The van der Waals surface area contributed by atoms with E-state index >= 15 is 0 Å². The van der Waals surface area contributed by atoms with Gasteiger partial charge in [-0.2, -0.15) is 5.10 Å². The van der Waals surface area contributed by atoms with Gasteiger partial charge in [-0.25, -0.2) is 5.43 Å². The number of rotatable bonds is 9. The number of hydrazone groups is 1. The minimum Gasteiger partial charge on any atom is -0.494 e. The highest BCUT2D eigenvalue weighted by Gasteiger charge is 2.11. The van der Waals surface area contributed by atoms with Crippen LogP contribution in [0.4, 0.5) is 0 Å². The molecule has 2 aromatic rings. The molecule has 2 rings (SSSR count). The third-order valence-corrected chi connectivity index (χ3v) is 4.23. The van der Waals surface area contributed by atoms with Gasteiger partial charge in [0.2, 0.25) is 0 Å². The Bertz CT molecular complexity index is 791. The van der Waals surface area contributed by atoms with E-state index in [-0.39, 0.29) is 5.91 Å². The van der Waals surface area contributed by atoms with E-state index in [0.717, 1.165) is 20.6 Å². The minimum absolute atomic E-state index is 0.292. The Kier molecular flexibility index (Phi) is 8.38. The molecule has 1 N–H and O–H groups in total. The first-order chi connectivity index (χ1) is 13.1. The number of nitrogens with one attached hydrogen (secondary N) is 1. The van der Waals surface area contributed by atoms with Gasteiger partial charge < -0.3 is 14.2 Å². The second kappa shape index (κ2) is 10.8. The van der Waals surface area contributed by atoms with Crippen LogP contribution in [0.25, 0.3) is 0 Å². The van der Waals surface area contributed by atoms with Crippen molar-refractivity contribution in [1.82, 2.24) is 5.43 Å². The largest absolute Gasteiger partial charge is 0.494 e. The van der Waals surface area contributed by atoms with Crippen molar-refractivity contribution in [3.05, 3.63) is 51.1 Å². The number of ether oxygens (including phenoxy) is 3. The Morgan fingerprint density at radius 1 is 1.04 bits per heavy atom. The van der Waals surface area contributed by atoms with Crippen LogP contribution in [0.1, 0.15) is 36.7 Å². The summed E-state index contributed by atoms with van der Waals surface area (Å²) in [6.45, 7) is 7.43. The molecule has 0 saturated heterocycles. The molecule has 0 fully saturated rings. The summed E-state index contributed by atoms with van der Waals surface area (Å²) in [7, 11) is 0. The van der Waals surface area contributed by atoms with E-state index in [2.05, 4.69) is 33.1 Å². The molecule has 144 valence electrons. The molecule has 1 amide bonds. The van der Waals surface area contributed by atoms with Crippen LogP contribution in [0, 0.1) is 3.57 Å². The first-order valence-corrected chi connectivity index (χ1v) is 9.82. The fourth-order valence-corrected chi connectivity index (χ4v) is 3.09. The molecule has 2 aromatic carbocycles. The second-order valence-electron chi connectivity index (χ2n) is 5.35. The highest BCUT2D eigenvalue weighted by Crippen LogP contribution is 2.33. The van der Waals surface area contributed by atoms with E-state index in [1.165, 1.54) is 0 Å². The summed E-state index contributed by atoms with van der Waals surface area (Å²) < 4.78 is 17.6. The molecule has 0 heterocycles. The quantitative estimate of drug-likeness (QED) is 0.330. The maximum atomic E-state index is 12.2. The monoisotopic (exact) mass is 482 g/mol. The Morgan fingerprint density at radius 3 is 2.33 bits per heavy atom. The third kappa shape index (κ3) is 6.13. The number of nitrogens with zero attached hydrogens (tertiary/aromatic N) is 1. The normalized spacial score (nSPS) is 10.7. The summed E-state index contributed by atoms with van der Waals surface area (Å²) in [4.78, 5) is 12.2. The summed E-state index contributed by atoms with van der Waals surface area (Å²) in [6, 6.07) is 10.7. The molecule has 0 saturated carbocycles. The first kappa shape index (κ1) is 21.0. The van der Waals surface area contributed by atoms with E-state index < -0.39 is 0 Å². The van der Waals surface area contributed by atoms with Gasteiger partial charge in [0.25, 0.3) is 5.91 Å². The zero-order chi connectivity index (χ0) is 19.6. The minimum atomic E-state index is -0.292. The lowest BCUT2D eigenvalue weighted by molar-refractivity contribution is 0.0955. The number of amides is 1. The van der Waals surface area contributed by atoms with Crippen molar-refractivity contribution in [3.8, 4) is 17.2 Å². The van der Waals surface area contributed by atoms with Crippen molar-refractivity contribution in [1.29, 1.82) is 0 Å². The van der Waals surface area contributed by atoms with E-state index in [1.807, 2.05) is 32.9 Å². The molecule has 0 atom stereocenters. The molecule has 0 radical (unpaired) electrons. The van der Waals surface area contributed by atoms with Gasteiger partial charge in [0.1, 0.15) is 5.75 Å². The van der Waals surface area contributed by atoms with Gasteiger partial charge in [0.15, 0.2) is 11.5 Å². The standard InChI is InChI=1S/C20H23IN2O4/c1-4-25-16-9-7-15(8-10-16)20(24)23-22-13-14-11-17(21)19(27-6-3)18(12-14)26-5-2/h7-13H,4-6H2,1-3H3,(H,23,24)/b22-13-. The van der Waals surface area contributed by atoms with Gasteiger partial charge >= 0.3 is 0 Å². The molecule has 0 spiro atoms. The van der Waals surface area contributed by atoms with Crippen molar-refractivity contribution < 1.29 is 19.0 Å². The van der Waals surface area contributed by atoms with Crippen LogP contribution in [-0.2, 0) is 0 Å². The lowest BCUT2D eigenvalue weighted by atomic mass is 10.2. The fraction of sp³-hybridized carbons (Fsp3) is 0.300. The van der Waals surface area contributed by atoms with Crippen LogP contribution in [0.15, 0.2) is 41.5 Å². The van der Waals surface area contributed by atoms with Gasteiger partial charge in [-0.05, 0) is 85.3 Å². The summed E-state index contributed by atoms with van der Waals surface area (Å²) in [5, 5.41) is 4.04. The third-order valence-electron chi connectivity index (χ3n) is 3.43. The Labute approximate surface area is 173 Å². The molecule has 0 aromatic heterocycles. The van der Waals surface area contributed by atoms with Crippen LogP contribution in [0.3, 0.4) is 0 Å². The molecule has 0 aliphatic carbocycles. The molecule has 0 bridgehead atoms. The van der Waals surface area contributed by atoms with Crippen LogP contribution in [0.5, 0.6) is 17.2 Å². The molecule has 6 nitrogen and oxygen atoms in total. The van der Waals surface area contributed by atoms with E-state index in [0.29, 0.717) is 31.1 Å². The predicted molar refractivity (Wildman–Crippen MR) is 114 cm³/mol. The number of halogens is 1. The zero-order valence-corrected chi connectivity index (χ0v) is 17.8. The number of carbonyl (C=O) groups excluding carboxylic acids is 1. The molecule has 0 unspecified atom stereocenters. The molecule has 27 heavy (non-hydrogen) atoms. The Hall–Kier alpha value is -2.29. The maximum Gasteiger partial charge on any atom is 0.271 e. The summed E-state index contributed by atoms with van der Waals surface area (Å²) in [5.41, 5.74) is 3.84. The van der Waals surface area contributed by atoms with Crippen LogP contribution in [-0.4, -0.2) is 31.9 Å². The van der Waals surface area contributed by atoms with Crippen LogP contribution >= 0.6 is 22.6 Å². The van der Waals surface area contributed by atoms with Gasteiger partial charge in [-0.1, -0.05) is 0 Å². The zero-order valence-electron chi connectivity index (χ0n) is 15.6. The van der Waals surface area contributed by atoms with Crippen LogP contribution in [0.2, 0.25) is 0 Å². The smallest absolute Gasteiger partial charge is 0.271 e. The molecule has 7 heteroatoms. The molecular formula is C20H23IN2O4. The van der Waals surface area contributed by atoms with Gasteiger partial charge in [-0.3, -0.25) is 4.79 Å². The average Bonchev–Trinajstić information content (AvgIpc) is 2.65. The van der Waals surface area contributed by atoms with Crippen molar-refractivity contribution in [2.45, 2.75) is 20.8 Å². The average molecular weight is 482 g/mol. The highest BCUT2D eigenvalue weighted by atomic mass is 127. The topological polar surface area (TPSA) is 69.2 Å². The second-order valence-corrected chi connectivity index (χ2v) is 6.51. The maximum absolute atomic E-state index is 12.2. The lowest BCUT2D eigenvalue weighted by Gasteiger charge is -2.13. The van der Waals surface area contributed by atoms with Gasteiger partial charge in [-0.15, -0.1) is 0 Å². The summed E-state index contributed by atoms with van der Waals surface area (Å²) in [5.74, 6) is 1.81. The van der Waals surface area contributed by atoms with Crippen molar-refractivity contribution in [3.63, 3.8) is 0 Å². The summed E-state index contributed by atoms with van der Waals surface area (Å²) >= 11 is 2.19.